The van der Waals surface area contributed by atoms with Crippen molar-refractivity contribution in [3.05, 3.63) is 23.0 Å². The predicted molar refractivity (Wildman–Crippen MR) is 70.2 cm³/mol. The minimum Gasteiger partial charge on any atom is -0.506 e. The third-order valence-electron chi connectivity index (χ3n) is 3.80. The number of aliphatic hydroxyl groups excluding tert-OH is 1. The molecule has 1 atom stereocenters. The molecular formula is C14H22N2O2. The maximum Gasteiger partial charge on any atom is 0.141 e. The highest BCUT2D eigenvalue weighted by atomic mass is 16.3. The molecule has 1 aliphatic carbocycles. The van der Waals surface area contributed by atoms with Crippen LogP contribution in [0.4, 0.5) is 0 Å². The number of nitrogens with zero attached hydrogens (tertiary/aromatic N) is 1. The number of rotatable bonds is 6. The Hall–Kier alpha value is -1.13. The van der Waals surface area contributed by atoms with Gasteiger partial charge in [0.05, 0.1) is 12.3 Å². The highest BCUT2D eigenvalue weighted by molar-refractivity contribution is 5.40. The number of hydrogen-bond donors (Lipinski definition) is 3. The number of hydrogen-bond acceptors (Lipinski definition) is 4. The van der Waals surface area contributed by atoms with Crippen molar-refractivity contribution in [2.45, 2.75) is 39.8 Å². The van der Waals surface area contributed by atoms with Gasteiger partial charge in [-0.15, -0.1) is 0 Å². The zero-order chi connectivity index (χ0) is 13.1. The van der Waals surface area contributed by atoms with Crippen LogP contribution in [0.5, 0.6) is 5.75 Å². The van der Waals surface area contributed by atoms with E-state index in [0.717, 1.165) is 18.0 Å². The van der Waals surface area contributed by atoms with Gasteiger partial charge >= 0.3 is 0 Å². The molecule has 1 aliphatic rings. The van der Waals surface area contributed by atoms with Crippen molar-refractivity contribution in [1.29, 1.82) is 0 Å². The molecule has 1 unspecified atom stereocenters. The Morgan fingerprint density at radius 1 is 1.50 bits per heavy atom. The lowest BCUT2D eigenvalue weighted by Gasteiger charge is -2.15. The standard InChI is InChI=1S/C14H22N2O2/c1-9(11-3-4-11)5-15-7-13-12(8-17)6-16-10(2)14(13)18/h6,9,11,15,17-18H,3-5,7-8H2,1-2H3. The SMILES string of the molecule is Cc1ncc(CO)c(CNCC(C)C2CC2)c1O. The topological polar surface area (TPSA) is 65.4 Å². The third kappa shape index (κ3) is 3.00. The lowest BCUT2D eigenvalue weighted by Crippen LogP contribution is -2.22. The van der Waals surface area contributed by atoms with E-state index in [4.69, 9.17) is 0 Å². The fraction of sp³-hybridized carbons (Fsp3) is 0.643. The number of aryl methyl sites for hydroxylation is 1. The Kier molecular flexibility index (Phi) is 4.19. The monoisotopic (exact) mass is 250 g/mol. The van der Waals surface area contributed by atoms with Crippen molar-refractivity contribution >= 4 is 0 Å². The van der Waals surface area contributed by atoms with E-state index in [1.165, 1.54) is 12.8 Å². The largest absolute Gasteiger partial charge is 0.506 e. The number of aromatic nitrogens is 1. The number of nitrogens with one attached hydrogen (secondary N) is 1. The van der Waals surface area contributed by atoms with Gasteiger partial charge in [0.1, 0.15) is 5.75 Å². The van der Waals surface area contributed by atoms with Gasteiger partial charge in [0.2, 0.25) is 0 Å². The quantitative estimate of drug-likeness (QED) is 0.719. The lowest BCUT2D eigenvalue weighted by molar-refractivity contribution is 0.278. The Balaban J connectivity index is 1.96. The summed E-state index contributed by atoms with van der Waals surface area (Å²) in [6.07, 6.45) is 4.34. The summed E-state index contributed by atoms with van der Waals surface area (Å²) in [5.74, 6) is 1.77. The highest BCUT2D eigenvalue weighted by Crippen LogP contribution is 2.36. The smallest absolute Gasteiger partial charge is 0.141 e. The van der Waals surface area contributed by atoms with Crippen molar-refractivity contribution in [1.82, 2.24) is 10.3 Å². The molecule has 0 aromatic carbocycles. The van der Waals surface area contributed by atoms with Crippen LogP contribution in [0.15, 0.2) is 6.20 Å². The van der Waals surface area contributed by atoms with Gasteiger partial charge in [-0.3, -0.25) is 4.98 Å². The first-order chi connectivity index (χ1) is 8.63. The summed E-state index contributed by atoms with van der Waals surface area (Å²) in [7, 11) is 0. The molecule has 100 valence electrons. The summed E-state index contributed by atoms with van der Waals surface area (Å²) in [6, 6.07) is 0. The van der Waals surface area contributed by atoms with Gasteiger partial charge in [-0.2, -0.15) is 0 Å². The van der Waals surface area contributed by atoms with Crippen LogP contribution < -0.4 is 5.32 Å². The van der Waals surface area contributed by atoms with Crippen molar-refractivity contribution in [2.75, 3.05) is 6.54 Å². The van der Waals surface area contributed by atoms with E-state index in [1.54, 1.807) is 13.1 Å². The van der Waals surface area contributed by atoms with Crippen molar-refractivity contribution in [3.8, 4) is 5.75 Å². The van der Waals surface area contributed by atoms with Crippen LogP contribution in [0.3, 0.4) is 0 Å². The molecule has 3 N–H and O–H groups in total. The van der Waals surface area contributed by atoms with Crippen molar-refractivity contribution in [3.63, 3.8) is 0 Å². The zero-order valence-electron chi connectivity index (χ0n) is 11.1. The molecule has 0 saturated heterocycles. The molecule has 2 rings (SSSR count). The van der Waals surface area contributed by atoms with Crippen LogP contribution in [-0.2, 0) is 13.2 Å². The first kappa shape index (κ1) is 13.3. The Morgan fingerprint density at radius 2 is 2.22 bits per heavy atom. The number of pyridine rings is 1. The molecule has 4 nitrogen and oxygen atoms in total. The second kappa shape index (κ2) is 5.67. The molecule has 1 heterocycles. The van der Waals surface area contributed by atoms with Crippen LogP contribution >= 0.6 is 0 Å². The van der Waals surface area contributed by atoms with Crippen LogP contribution in [-0.4, -0.2) is 21.7 Å². The highest BCUT2D eigenvalue weighted by Gasteiger charge is 2.27. The normalized spacial score (nSPS) is 16.8. The molecular weight excluding hydrogens is 228 g/mol. The summed E-state index contributed by atoms with van der Waals surface area (Å²) in [6.45, 7) is 5.48. The van der Waals surface area contributed by atoms with Gasteiger partial charge < -0.3 is 15.5 Å². The van der Waals surface area contributed by atoms with E-state index in [1.807, 2.05) is 0 Å². The minimum absolute atomic E-state index is 0.0873. The zero-order valence-corrected chi connectivity index (χ0v) is 11.1. The van der Waals surface area contributed by atoms with Crippen molar-refractivity contribution in [2.24, 2.45) is 11.8 Å². The summed E-state index contributed by atoms with van der Waals surface area (Å²) >= 11 is 0. The molecule has 1 saturated carbocycles. The fourth-order valence-electron chi connectivity index (χ4n) is 2.27. The van der Waals surface area contributed by atoms with E-state index in [-0.39, 0.29) is 12.4 Å². The van der Waals surface area contributed by atoms with Crippen LogP contribution in [0.1, 0.15) is 36.6 Å². The fourth-order valence-corrected chi connectivity index (χ4v) is 2.27. The maximum absolute atomic E-state index is 9.98. The maximum atomic E-state index is 9.98. The van der Waals surface area contributed by atoms with Gasteiger partial charge in [-0.05, 0) is 38.1 Å². The molecule has 0 amide bonds. The summed E-state index contributed by atoms with van der Waals surface area (Å²) in [5, 5.41) is 22.6. The molecule has 0 bridgehead atoms. The molecule has 0 radical (unpaired) electrons. The molecule has 1 aromatic heterocycles. The number of aliphatic hydroxyl groups is 1. The second-order valence-corrected chi connectivity index (χ2v) is 5.30. The van der Waals surface area contributed by atoms with Crippen LogP contribution in [0.25, 0.3) is 0 Å². The van der Waals surface area contributed by atoms with E-state index in [2.05, 4.69) is 17.2 Å². The molecule has 18 heavy (non-hydrogen) atoms. The first-order valence-corrected chi connectivity index (χ1v) is 6.61. The van der Waals surface area contributed by atoms with Crippen LogP contribution in [0, 0.1) is 18.8 Å². The van der Waals surface area contributed by atoms with E-state index < -0.39 is 0 Å². The Bertz CT molecular complexity index is 417. The van der Waals surface area contributed by atoms with Crippen LogP contribution in [0.2, 0.25) is 0 Å². The average Bonchev–Trinajstić information content (AvgIpc) is 3.18. The van der Waals surface area contributed by atoms with E-state index >= 15 is 0 Å². The molecule has 1 fully saturated rings. The molecule has 4 heteroatoms. The molecule has 1 aromatic rings. The van der Waals surface area contributed by atoms with Gasteiger partial charge in [-0.1, -0.05) is 6.92 Å². The Morgan fingerprint density at radius 3 is 2.83 bits per heavy atom. The molecule has 0 spiro atoms. The summed E-state index contributed by atoms with van der Waals surface area (Å²) < 4.78 is 0. The minimum atomic E-state index is -0.0873. The van der Waals surface area contributed by atoms with E-state index in [9.17, 15) is 10.2 Å². The second-order valence-electron chi connectivity index (χ2n) is 5.30. The predicted octanol–water partition coefficient (Wildman–Crippen LogP) is 1.72. The number of aromatic hydroxyl groups is 1. The van der Waals surface area contributed by atoms with E-state index in [0.29, 0.717) is 23.7 Å². The average molecular weight is 250 g/mol. The first-order valence-electron chi connectivity index (χ1n) is 6.61. The van der Waals surface area contributed by atoms with Gasteiger partial charge in [-0.25, -0.2) is 0 Å². The summed E-state index contributed by atoms with van der Waals surface area (Å²) in [4.78, 5) is 4.05. The van der Waals surface area contributed by atoms with Gasteiger partial charge in [0.15, 0.2) is 0 Å². The van der Waals surface area contributed by atoms with Gasteiger partial charge in [0, 0.05) is 23.9 Å². The molecule has 0 aliphatic heterocycles. The summed E-state index contributed by atoms with van der Waals surface area (Å²) in [5.41, 5.74) is 2.08. The van der Waals surface area contributed by atoms with Crippen molar-refractivity contribution < 1.29 is 10.2 Å². The van der Waals surface area contributed by atoms with Gasteiger partial charge in [0.25, 0.3) is 0 Å². The third-order valence-corrected chi connectivity index (χ3v) is 3.80. The lowest BCUT2D eigenvalue weighted by atomic mass is 10.1. The Labute approximate surface area is 108 Å².